The zero-order valence-corrected chi connectivity index (χ0v) is 29.0. The molecule has 0 fully saturated rings. The SMILES string of the molecule is CC1(C)c2ccccc2-c2c1ccc1c2c2ccccc2n1-c1ccc(-c2nc(-c3ccccc3)nc(-c3ccc(-c4ccccc4)cc3)n2)cc1. The number of rotatable bonds is 5. The summed E-state index contributed by atoms with van der Waals surface area (Å²) >= 11 is 0. The first-order valence-electron chi connectivity index (χ1n) is 17.8. The maximum Gasteiger partial charge on any atom is 0.164 e. The monoisotopic (exact) mass is 666 g/mol. The standard InChI is InChI=1S/C48H34N4/c1-48(2)39-19-11-9-17-37(39)43-40(48)29-30-42-44(43)38-18-10-12-20-41(38)52(42)36-27-25-35(26-28-36)47-50-45(33-15-7-4-8-16-33)49-46(51-47)34-23-21-32(22-24-34)31-13-5-3-6-14-31/h3-30H,1-2H3. The Morgan fingerprint density at radius 1 is 0.404 bits per heavy atom. The number of fused-ring (bicyclic) bond motifs is 7. The van der Waals surface area contributed by atoms with E-state index in [1.807, 2.05) is 36.4 Å². The summed E-state index contributed by atoms with van der Waals surface area (Å²) in [6, 6.07) is 60.0. The van der Waals surface area contributed by atoms with Crippen LogP contribution in [0.3, 0.4) is 0 Å². The Kier molecular flexibility index (Phi) is 6.80. The van der Waals surface area contributed by atoms with Gasteiger partial charge in [0.1, 0.15) is 0 Å². The number of benzene rings is 7. The second-order valence-electron chi connectivity index (χ2n) is 14.1. The fraction of sp³-hybridized carbons (Fsp3) is 0.0625. The van der Waals surface area contributed by atoms with Gasteiger partial charge in [-0.1, -0.05) is 147 Å². The van der Waals surface area contributed by atoms with E-state index in [1.165, 1.54) is 49.6 Å². The van der Waals surface area contributed by atoms with Gasteiger partial charge < -0.3 is 4.57 Å². The van der Waals surface area contributed by atoms with Crippen molar-refractivity contribution in [2.24, 2.45) is 0 Å². The normalized spacial score (nSPS) is 13.0. The number of hydrogen-bond donors (Lipinski definition) is 0. The third-order valence-corrected chi connectivity index (χ3v) is 10.7. The van der Waals surface area contributed by atoms with Gasteiger partial charge in [0, 0.05) is 38.6 Å². The Hall–Kier alpha value is -6.65. The van der Waals surface area contributed by atoms with E-state index in [1.54, 1.807) is 0 Å². The molecule has 0 N–H and O–H groups in total. The Bertz CT molecular complexity index is 2780. The van der Waals surface area contributed by atoms with Gasteiger partial charge in [-0.25, -0.2) is 15.0 Å². The van der Waals surface area contributed by atoms with Gasteiger partial charge in [0.25, 0.3) is 0 Å². The summed E-state index contributed by atoms with van der Waals surface area (Å²) in [6.07, 6.45) is 0. The number of para-hydroxylation sites is 1. The minimum Gasteiger partial charge on any atom is -0.309 e. The van der Waals surface area contributed by atoms with Crippen LogP contribution in [0.5, 0.6) is 0 Å². The van der Waals surface area contributed by atoms with Crippen molar-refractivity contribution in [2.75, 3.05) is 0 Å². The van der Waals surface area contributed by atoms with Crippen molar-refractivity contribution in [3.63, 3.8) is 0 Å². The fourth-order valence-corrected chi connectivity index (χ4v) is 8.08. The fourth-order valence-electron chi connectivity index (χ4n) is 8.08. The molecule has 0 atom stereocenters. The highest BCUT2D eigenvalue weighted by atomic mass is 15.0. The van der Waals surface area contributed by atoms with Crippen molar-refractivity contribution in [3.05, 3.63) is 181 Å². The third kappa shape index (κ3) is 4.72. The van der Waals surface area contributed by atoms with Crippen LogP contribution in [0.15, 0.2) is 170 Å². The highest BCUT2D eigenvalue weighted by Crippen LogP contribution is 2.53. The molecule has 0 amide bonds. The van der Waals surface area contributed by atoms with E-state index in [0.29, 0.717) is 17.5 Å². The lowest BCUT2D eigenvalue weighted by Gasteiger charge is -2.21. The first-order valence-corrected chi connectivity index (χ1v) is 17.8. The van der Waals surface area contributed by atoms with Crippen molar-refractivity contribution in [1.82, 2.24) is 19.5 Å². The van der Waals surface area contributed by atoms with Crippen LogP contribution in [0, 0.1) is 0 Å². The van der Waals surface area contributed by atoms with Crippen LogP contribution in [0.2, 0.25) is 0 Å². The maximum absolute atomic E-state index is 5.04. The van der Waals surface area contributed by atoms with Crippen molar-refractivity contribution in [2.45, 2.75) is 19.3 Å². The molecule has 2 aromatic heterocycles. The molecule has 7 aromatic carbocycles. The van der Waals surface area contributed by atoms with E-state index in [9.17, 15) is 0 Å². The van der Waals surface area contributed by atoms with Crippen LogP contribution in [0.25, 0.3) is 83.9 Å². The highest BCUT2D eigenvalue weighted by molar-refractivity contribution is 6.17. The highest BCUT2D eigenvalue weighted by Gasteiger charge is 2.37. The Balaban J connectivity index is 1.09. The number of nitrogens with zero attached hydrogens (tertiary/aromatic N) is 4. The molecule has 0 aliphatic heterocycles. The summed E-state index contributed by atoms with van der Waals surface area (Å²) in [4.78, 5) is 15.0. The van der Waals surface area contributed by atoms with E-state index in [2.05, 4.69) is 152 Å². The first kappa shape index (κ1) is 30.2. The van der Waals surface area contributed by atoms with E-state index < -0.39 is 0 Å². The molecule has 246 valence electrons. The lowest BCUT2D eigenvalue weighted by atomic mass is 9.82. The largest absolute Gasteiger partial charge is 0.309 e. The molecule has 4 nitrogen and oxygen atoms in total. The van der Waals surface area contributed by atoms with Gasteiger partial charge in [-0.3, -0.25) is 0 Å². The van der Waals surface area contributed by atoms with Crippen LogP contribution < -0.4 is 0 Å². The Morgan fingerprint density at radius 2 is 0.904 bits per heavy atom. The molecule has 0 saturated carbocycles. The average molecular weight is 667 g/mol. The van der Waals surface area contributed by atoms with Crippen LogP contribution in [-0.4, -0.2) is 19.5 Å². The average Bonchev–Trinajstić information content (AvgIpc) is 3.67. The zero-order chi connectivity index (χ0) is 34.8. The van der Waals surface area contributed by atoms with Gasteiger partial charge >= 0.3 is 0 Å². The van der Waals surface area contributed by atoms with Gasteiger partial charge in [0.2, 0.25) is 0 Å². The molecule has 9 aromatic rings. The zero-order valence-electron chi connectivity index (χ0n) is 29.0. The molecule has 0 unspecified atom stereocenters. The molecule has 1 aliphatic rings. The summed E-state index contributed by atoms with van der Waals surface area (Å²) in [7, 11) is 0. The first-order chi connectivity index (χ1) is 25.5. The molecule has 0 saturated heterocycles. The second kappa shape index (κ2) is 11.7. The smallest absolute Gasteiger partial charge is 0.164 e. The molecule has 0 bridgehead atoms. The molecular formula is C48H34N4. The van der Waals surface area contributed by atoms with E-state index in [0.717, 1.165) is 27.9 Å². The quantitative estimate of drug-likeness (QED) is 0.184. The van der Waals surface area contributed by atoms with E-state index in [4.69, 9.17) is 15.0 Å². The maximum atomic E-state index is 5.04. The molecule has 0 radical (unpaired) electrons. The summed E-state index contributed by atoms with van der Waals surface area (Å²) in [5.74, 6) is 1.93. The van der Waals surface area contributed by atoms with Crippen molar-refractivity contribution in [3.8, 4) is 62.1 Å². The predicted molar refractivity (Wildman–Crippen MR) is 213 cm³/mol. The predicted octanol–water partition coefficient (Wildman–Crippen LogP) is 11.9. The topological polar surface area (TPSA) is 43.6 Å². The Morgan fingerprint density at radius 3 is 1.58 bits per heavy atom. The molecule has 4 heteroatoms. The van der Waals surface area contributed by atoms with Crippen LogP contribution in [0.4, 0.5) is 0 Å². The molecule has 10 rings (SSSR count). The minimum absolute atomic E-state index is 0.0586. The summed E-state index contributed by atoms with van der Waals surface area (Å²) in [5.41, 5.74) is 14.0. The molecule has 2 heterocycles. The minimum atomic E-state index is -0.0586. The van der Waals surface area contributed by atoms with Gasteiger partial charge in [0.15, 0.2) is 17.5 Å². The van der Waals surface area contributed by atoms with Crippen LogP contribution in [0.1, 0.15) is 25.0 Å². The molecule has 0 spiro atoms. The molecule has 1 aliphatic carbocycles. The summed E-state index contributed by atoms with van der Waals surface area (Å²) < 4.78 is 2.39. The van der Waals surface area contributed by atoms with Crippen molar-refractivity contribution in [1.29, 1.82) is 0 Å². The molecular weight excluding hydrogens is 633 g/mol. The van der Waals surface area contributed by atoms with E-state index in [-0.39, 0.29) is 5.41 Å². The van der Waals surface area contributed by atoms with Crippen molar-refractivity contribution >= 4 is 21.8 Å². The van der Waals surface area contributed by atoms with Gasteiger partial charge in [-0.05, 0) is 69.8 Å². The second-order valence-corrected chi connectivity index (χ2v) is 14.1. The summed E-state index contributed by atoms with van der Waals surface area (Å²) in [5, 5.41) is 2.57. The molecule has 52 heavy (non-hydrogen) atoms. The van der Waals surface area contributed by atoms with Gasteiger partial charge in [-0.15, -0.1) is 0 Å². The van der Waals surface area contributed by atoms with Crippen LogP contribution in [-0.2, 0) is 5.41 Å². The number of aromatic nitrogens is 4. The Labute approximate surface area is 302 Å². The van der Waals surface area contributed by atoms with Gasteiger partial charge in [-0.2, -0.15) is 0 Å². The van der Waals surface area contributed by atoms with Gasteiger partial charge in [0.05, 0.1) is 11.0 Å². The van der Waals surface area contributed by atoms with E-state index >= 15 is 0 Å². The number of hydrogen-bond acceptors (Lipinski definition) is 3. The van der Waals surface area contributed by atoms with Crippen molar-refractivity contribution < 1.29 is 0 Å². The lowest BCUT2D eigenvalue weighted by molar-refractivity contribution is 0.661. The third-order valence-electron chi connectivity index (χ3n) is 10.7. The lowest BCUT2D eigenvalue weighted by Crippen LogP contribution is -2.14. The van der Waals surface area contributed by atoms with Crippen LogP contribution >= 0.6 is 0 Å². The summed E-state index contributed by atoms with van der Waals surface area (Å²) in [6.45, 7) is 4.69.